The molecule has 2 aromatic carbocycles. The molecule has 33 heteroatoms. The lowest BCUT2D eigenvalue weighted by molar-refractivity contribution is -0.299. The molecule has 474 valence electrons. The number of rotatable bonds is 6. The van der Waals surface area contributed by atoms with E-state index in [2.05, 4.69) is 44.9 Å². The summed E-state index contributed by atoms with van der Waals surface area (Å²) >= 11 is 0. The van der Waals surface area contributed by atoms with Gasteiger partial charge in [-0.1, -0.05) is 60.7 Å². The summed E-state index contributed by atoms with van der Waals surface area (Å²) in [4.78, 5) is 37.2. The number of aliphatic hydroxyl groups is 7. The summed E-state index contributed by atoms with van der Waals surface area (Å²) in [6, 6.07) is 19.2. The van der Waals surface area contributed by atoms with Gasteiger partial charge in [-0.3, -0.25) is 13.7 Å². The van der Waals surface area contributed by atoms with E-state index in [-0.39, 0.29) is 41.8 Å². The molecule has 6 aromatic heterocycles. The average Bonchev–Trinajstić information content (AvgIpc) is 1.79. The highest BCUT2D eigenvalue weighted by molar-refractivity contribution is 5.82. The zero-order valence-electron chi connectivity index (χ0n) is 48.1. The lowest BCUT2D eigenvalue weighted by Crippen LogP contribution is -2.51. The van der Waals surface area contributed by atoms with Crippen LogP contribution in [0.15, 0.2) is 98.6 Å². The van der Waals surface area contributed by atoms with Crippen LogP contribution in [0.1, 0.15) is 70.1 Å². The van der Waals surface area contributed by atoms with E-state index in [0.717, 1.165) is 11.1 Å². The van der Waals surface area contributed by atoms with Crippen molar-refractivity contribution in [1.29, 1.82) is 0 Å². The average molecular weight is 1240 g/mol. The van der Waals surface area contributed by atoms with Gasteiger partial charge in [0.15, 0.2) is 77.2 Å². The van der Waals surface area contributed by atoms with Crippen LogP contribution in [0, 0.1) is 0 Å². The first-order valence-corrected chi connectivity index (χ1v) is 28.6. The Kier molecular flexibility index (Phi) is 16.5. The lowest BCUT2D eigenvalue weighted by atomic mass is 9.99. The molecule has 0 spiro atoms. The van der Waals surface area contributed by atoms with Gasteiger partial charge in [0.25, 0.3) is 0 Å². The third kappa shape index (κ3) is 11.4. The van der Waals surface area contributed by atoms with Gasteiger partial charge in [-0.05, 0) is 27.7 Å². The maximum Gasteiger partial charge on any atom is 0.184 e. The molecular weight excluding hydrogens is 1170 g/mol. The number of ether oxygens (including phenoxy) is 11. The number of nitrogens with zero attached hydrogens (tertiary/aromatic N) is 12. The molecule has 13 N–H and O–H groups in total. The van der Waals surface area contributed by atoms with Crippen molar-refractivity contribution in [2.75, 3.05) is 37.0 Å². The monoisotopic (exact) mass is 1240 g/mol. The molecule has 33 nitrogen and oxygen atoms in total. The van der Waals surface area contributed by atoms with Crippen molar-refractivity contribution in [2.24, 2.45) is 0 Å². The predicted octanol–water partition coefficient (Wildman–Crippen LogP) is -0.656. The maximum absolute atomic E-state index is 11.4. The summed E-state index contributed by atoms with van der Waals surface area (Å²) in [6.07, 6.45) is -10.7. The molecule has 2 unspecified atom stereocenters. The molecule has 7 fully saturated rings. The number of anilines is 3. The van der Waals surface area contributed by atoms with E-state index in [1.54, 1.807) is 49.5 Å². The molecule has 0 bridgehead atoms. The fourth-order valence-corrected chi connectivity index (χ4v) is 12.1. The van der Waals surface area contributed by atoms with E-state index in [0.29, 0.717) is 22.3 Å². The maximum atomic E-state index is 11.4. The summed E-state index contributed by atoms with van der Waals surface area (Å²) in [5, 5.41) is 72.1. The number of aromatic nitrogens is 12. The molecule has 0 radical (unpaired) electrons. The minimum Gasteiger partial charge on any atom is -0.394 e. The molecule has 8 aromatic rings. The summed E-state index contributed by atoms with van der Waals surface area (Å²) in [5.74, 6) is -1.21. The van der Waals surface area contributed by atoms with Crippen molar-refractivity contribution in [3.05, 3.63) is 110 Å². The number of aliphatic hydroxyl groups excluding tert-OH is 7. The lowest BCUT2D eigenvalue weighted by Gasteiger charge is -2.38. The van der Waals surface area contributed by atoms with E-state index < -0.39 is 141 Å². The van der Waals surface area contributed by atoms with Crippen LogP contribution in [0.5, 0.6) is 0 Å². The summed E-state index contributed by atoms with van der Waals surface area (Å²) in [5.41, 5.74) is 21.8. The van der Waals surface area contributed by atoms with Crippen molar-refractivity contribution in [2.45, 2.75) is 162 Å². The summed E-state index contributed by atoms with van der Waals surface area (Å²) < 4.78 is 72.2. The Morgan fingerprint density at radius 1 is 0.427 bits per heavy atom. The molecule has 7 aliphatic rings. The van der Waals surface area contributed by atoms with Gasteiger partial charge in [-0.25, -0.2) is 44.9 Å². The molecule has 7 saturated heterocycles. The van der Waals surface area contributed by atoms with Crippen LogP contribution >= 0.6 is 0 Å². The summed E-state index contributed by atoms with van der Waals surface area (Å²) in [6.45, 7) is 6.99. The minimum atomic E-state index is -1.71. The normalized spacial score (nSPS) is 35.6. The van der Waals surface area contributed by atoms with Gasteiger partial charge in [-0.15, -0.1) is 0 Å². The molecule has 7 aliphatic heterocycles. The smallest absolute Gasteiger partial charge is 0.184 e. The second-order valence-electron chi connectivity index (χ2n) is 23.1. The van der Waals surface area contributed by atoms with Crippen molar-refractivity contribution >= 4 is 50.9 Å². The molecule has 0 aliphatic carbocycles. The first kappa shape index (κ1) is 60.7. The largest absolute Gasteiger partial charge is 0.394 e. The fraction of sp³-hybridized carbons (Fsp3) is 0.518. The Morgan fingerprint density at radius 3 is 1.19 bits per heavy atom. The third-order valence-corrected chi connectivity index (χ3v) is 16.3. The number of fused-ring (bicyclic) bond motifs is 7. The number of hydrogen-bond donors (Lipinski definition) is 10. The number of benzene rings is 2. The van der Waals surface area contributed by atoms with E-state index in [4.69, 9.17) is 69.3 Å². The highest BCUT2D eigenvalue weighted by atomic mass is 16.8. The van der Waals surface area contributed by atoms with Crippen molar-refractivity contribution < 1.29 is 87.9 Å². The van der Waals surface area contributed by atoms with Gasteiger partial charge in [0.2, 0.25) is 0 Å². The zero-order chi connectivity index (χ0) is 62.2. The van der Waals surface area contributed by atoms with Gasteiger partial charge < -0.3 is 105 Å². The predicted molar refractivity (Wildman–Crippen MR) is 302 cm³/mol. The van der Waals surface area contributed by atoms with Gasteiger partial charge in [0, 0.05) is 11.1 Å². The Labute approximate surface area is 504 Å². The standard InChI is InChI=1S/2C22H25N5O6.C12H17N5O6/c2*1-22(2)32-16-14(28)15-12(8-29-21(31-15)11-6-4-3-5-7-11)30-20(17(16)33-22)27-10-26-13-18(23)24-9-25-19(13)27;13-10-5-11(15-2-14-10)17(3-16-5)12-9(22)8(21)7(20)6(19)4(1-18)23-12/h2*3-7,9-10,12,14-17,20-21,28H,8H2,1-2H3,(H2,23,24,25);2-4,6-9,12,18-22H,1H2,(H2,13,14,15)/t12-,14+,15-,16-,17-,20-,21?;12-,14-,15-,16-,17-,20-,21?;4-,6-,7-,8-,9-,12-/m111/s1. The first-order valence-electron chi connectivity index (χ1n) is 28.6. The molecule has 20 atom stereocenters. The van der Waals surface area contributed by atoms with Crippen LogP contribution in [0.2, 0.25) is 0 Å². The topological polar surface area (TPSA) is 452 Å². The highest BCUT2D eigenvalue weighted by Gasteiger charge is 2.59. The minimum absolute atomic E-state index is 0.121. The molecule has 0 saturated carbocycles. The Hall–Kier alpha value is -7.23. The molecule has 13 heterocycles. The van der Waals surface area contributed by atoms with Crippen molar-refractivity contribution in [3.63, 3.8) is 0 Å². The van der Waals surface area contributed by atoms with E-state index in [9.17, 15) is 35.7 Å². The van der Waals surface area contributed by atoms with Crippen molar-refractivity contribution in [3.8, 4) is 0 Å². The van der Waals surface area contributed by atoms with Gasteiger partial charge in [0.1, 0.15) is 127 Å². The Bertz CT molecular complexity index is 3580. The number of nitrogens with two attached hydrogens (primary N) is 3. The van der Waals surface area contributed by atoms with Crippen LogP contribution < -0.4 is 17.2 Å². The molecule has 89 heavy (non-hydrogen) atoms. The SMILES string of the molecule is CC1(C)O[C@@H]2[C@@H](O)[C@@H]3OC(c4ccccc4)OC[C@H]3O[C@@H](n3cnc4c(N)ncnc43)[C@@H]2O1.CC1(C)O[C@@H]2[C@H](O)[C@@H]3OC(c4ccccc4)OC[C@H]3O[C@@H](n3cnc4c(N)ncnc43)[C@@H]2O1.Nc1ncnc2c1ncn2[C@@H]1O[C@H](CO)[C@@H](O)[C@@H](O)[C@@H](O)[C@H]1O. The quantitative estimate of drug-likeness (QED) is 0.0988. The first-order chi connectivity index (χ1) is 42.8. The third-order valence-electron chi connectivity index (χ3n) is 16.3. The number of nitrogen functional groups attached to an aromatic ring is 3. The molecular formula is C56H67N15O18. The molecule has 0 amide bonds. The van der Waals surface area contributed by atoms with Gasteiger partial charge >= 0.3 is 0 Å². The number of imidazole rings is 3. The van der Waals surface area contributed by atoms with E-state index in [1.165, 1.54) is 29.9 Å². The Morgan fingerprint density at radius 2 is 0.798 bits per heavy atom. The highest BCUT2D eigenvalue weighted by Crippen LogP contribution is 2.46. The van der Waals surface area contributed by atoms with E-state index in [1.807, 2.05) is 60.7 Å². The number of hydrogen-bond acceptors (Lipinski definition) is 30. The van der Waals surface area contributed by atoms with E-state index >= 15 is 0 Å². The zero-order valence-corrected chi connectivity index (χ0v) is 48.1. The summed E-state index contributed by atoms with van der Waals surface area (Å²) in [7, 11) is 0. The molecule has 15 rings (SSSR count). The van der Waals surface area contributed by atoms with Crippen LogP contribution in [0.3, 0.4) is 0 Å². The van der Waals surface area contributed by atoms with Crippen molar-refractivity contribution in [1.82, 2.24) is 58.6 Å². The fourth-order valence-electron chi connectivity index (χ4n) is 12.1. The Balaban J connectivity index is 0.000000125. The van der Waals surface area contributed by atoms with Crippen LogP contribution in [-0.2, 0) is 52.1 Å². The van der Waals surface area contributed by atoms with Gasteiger partial charge in [0.05, 0.1) is 38.8 Å². The second kappa shape index (κ2) is 24.2. The van der Waals surface area contributed by atoms with Crippen LogP contribution in [0.25, 0.3) is 33.5 Å². The van der Waals surface area contributed by atoms with Crippen LogP contribution in [0.4, 0.5) is 17.5 Å². The second-order valence-corrected chi connectivity index (χ2v) is 23.1. The van der Waals surface area contributed by atoms with Crippen LogP contribution in [-0.4, -0.2) is 217 Å². The van der Waals surface area contributed by atoms with Gasteiger partial charge in [-0.2, -0.15) is 0 Å².